The van der Waals surface area contributed by atoms with E-state index < -0.39 is 0 Å². The van der Waals surface area contributed by atoms with E-state index in [1.807, 2.05) is 0 Å². The van der Waals surface area contributed by atoms with Crippen molar-refractivity contribution >= 4 is 0 Å². The Morgan fingerprint density at radius 1 is 1.07 bits per heavy atom. The van der Waals surface area contributed by atoms with E-state index in [2.05, 4.69) is 26.1 Å². The van der Waals surface area contributed by atoms with Gasteiger partial charge in [-0.25, -0.2) is 0 Å². The molecule has 0 heterocycles. The highest BCUT2D eigenvalue weighted by molar-refractivity contribution is 4.69. The standard InChI is InChI=1S/C12H27NO/c1-4-12(5-2)11(3)13-9-7-6-8-10-14/h11-14H,4-10H2,1-3H3. The van der Waals surface area contributed by atoms with Gasteiger partial charge in [0, 0.05) is 12.6 Å². The van der Waals surface area contributed by atoms with Crippen molar-refractivity contribution in [3.05, 3.63) is 0 Å². The molecule has 1 atom stereocenters. The number of aliphatic hydroxyl groups excluding tert-OH is 1. The molecular weight excluding hydrogens is 174 g/mol. The summed E-state index contributed by atoms with van der Waals surface area (Å²) in [4.78, 5) is 0. The summed E-state index contributed by atoms with van der Waals surface area (Å²) in [6, 6.07) is 0.638. The van der Waals surface area contributed by atoms with Gasteiger partial charge in [-0.1, -0.05) is 26.7 Å². The van der Waals surface area contributed by atoms with Gasteiger partial charge in [-0.05, 0) is 38.6 Å². The molecule has 0 spiro atoms. The predicted octanol–water partition coefficient (Wildman–Crippen LogP) is 2.56. The van der Waals surface area contributed by atoms with Crippen molar-refractivity contribution in [1.29, 1.82) is 0 Å². The molecule has 86 valence electrons. The van der Waals surface area contributed by atoms with Crippen molar-refractivity contribution < 1.29 is 5.11 Å². The Balaban J connectivity index is 3.37. The Hall–Kier alpha value is -0.0800. The fourth-order valence-corrected chi connectivity index (χ4v) is 1.91. The van der Waals surface area contributed by atoms with Crippen LogP contribution in [-0.2, 0) is 0 Å². The van der Waals surface area contributed by atoms with E-state index in [1.165, 1.54) is 19.3 Å². The third-order valence-corrected chi connectivity index (χ3v) is 3.06. The largest absolute Gasteiger partial charge is 0.396 e. The van der Waals surface area contributed by atoms with Crippen LogP contribution in [0.4, 0.5) is 0 Å². The summed E-state index contributed by atoms with van der Waals surface area (Å²) in [5, 5.41) is 12.2. The summed E-state index contributed by atoms with van der Waals surface area (Å²) in [5.74, 6) is 0.813. The first-order valence-corrected chi connectivity index (χ1v) is 6.10. The van der Waals surface area contributed by atoms with Crippen molar-refractivity contribution in [2.24, 2.45) is 5.92 Å². The van der Waals surface area contributed by atoms with Crippen molar-refractivity contribution in [2.75, 3.05) is 13.2 Å². The lowest BCUT2D eigenvalue weighted by molar-refractivity contribution is 0.281. The topological polar surface area (TPSA) is 32.3 Å². The fourth-order valence-electron chi connectivity index (χ4n) is 1.91. The minimum absolute atomic E-state index is 0.335. The third-order valence-electron chi connectivity index (χ3n) is 3.06. The molecule has 14 heavy (non-hydrogen) atoms. The molecule has 1 unspecified atom stereocenters. The zero-order valence-corrected chi connectivity index (χ0v) is 10.1. The average molecular weight is 201 g/mol. The summed E-state index contributed by atoms with van der Waals surface area (Å²) in [7, 11) is 0. The summed E-state index contributed by atoms with van der Waals surface area (Å²) in [6.07, 6.45) is 5.80. The summed E-state index contributed by atoms with van der Waals surface area (Å²) in [5.41, 5.74) is 0. The highest BCUT2D eigenvalue weighted by Crippen LogP contribution is 2.12. The van der Waals surface area contributed by atoms with Gasteiger partial charge in [0.2, 0.25) is 0 Å². The van der Waals surface area contributed by atoms with Crippen LogP contribution in [0.15, 0.2) is 0 Å². The van der Waals surface area contributed by atoms with Gasteiger partial charge in [0.1, 0.15) is 0 Å². The Morgan fingerprint density at radius 2 is 1.71 bits per heavy atom. The van der Waals surface area contributed by atoms with Crippen LogP contribution in [0.2, 0.25) is 0 Å². The lowest BCUT2D eigenvalue weighted by Crippen LogP contribution is -2.33. The molecule has 0 radical (unpaired) electrons. The van der Waals surface area contributed by atoms with E-state index >= 15 is 0 Å². The monoisotopic (exact) mass is 201 g/mol. The molecule has 0 aliphatic heterocycles. The molecule has 2 N–H and O–H groups in total. The molecule has 0 saturated heterocycles. The minimum Gasteiger partial charge on any atom is -0.396 e. The molecular formula is C12H27NO. The van der Waals surface area contributed by atoms with E-state index in [-0.39, 0.29) is 0 Å². The molecule has 0 amide bonds. The SMILES string of the molecule is CCC(CC)C(C)NCCCCCO. The molecule has 0 aromatic heterocycles. The highest BCUT2D eigenvalue weighted by atomic mass is 16.2. The third kappa shape index (κ3) is 6.39. The Morgan fingerprint density at radius 3 is 2.21 bits per heavy atom. The second kappa shape index (κ2) is 9.47. The van der Waals surface area contributed by atoms with Crippen molar-refractivity contribution in [1.82, 2.24) is 5.32 Å². The highest BCUT2D eigenvalue weighted by Gasteiger charge is 2.11. The normalized spacial score (nSPS) is 13.5. The van der Waals surface area contributed by atoms with Gasteiger partial charge >= 0.3 is 0 Å². The maximum Gasteiger partial charge on any atom is 0.0431 e. The minimum atomic E-state index is 0.335. The second-order valence-corrected chi connectivity index (χ2v) is 4.10. The second-order valence-electron chi connectivity index (χ2n) is 4.10. The van der Waals surface area contributed by atoms with Crippen LogP contribution < -0.4 is 5.32 Å². The van der Waals surface area contributed by atoms with Crippen LogP contribution in [-0.4, -0.2) is 24.3 Å². The van der Waals surface area contributed by atoms with E-state index in [1.54, 1.807) is 0 Å². The van der Waals surface area contributed by atoms with Gasteiger partial charge in [-0.2, -0.15) is 0 Å². The van der Waals surface area contributed by atoms with Gasteiger partial charge < -0.3 is 10.4 Å². The molecule has 0 aliphatic carbocycles. The van der Waals surface area contributed by atoms with Crippen molar-refractivity contribution in [3.63, 3.8) is 0 Å². The molecule has 0 saturated carbocycles. The van der Waals surface area contributed by atoms with E-state index in [9.17, 15) is 0 Å². The first kappa shape index (κ1) is 13.9. The van der Waals surface area contributed by atoms with Crippen LogP contribution in [0.1, 0.15) is 52.9 Å². The Labute approximate surface area is 89.1 Å². The zero-order chi connectivity index (χ0) is 10.8. The maximum atomic E-state index is 8.62. The van der Waals surface area contributed by atoms with Gasteiger partial charge in [0.05, 0.1) is 0 Å². The van der Waals surface area contributed by atoms with Gasteiger partial charge in [-0.15, -0.1) is 0 Å². The first-order valence-electron chi connectivity index (χ1n) is 6.10. The molecule has 0 aliphatic rings. The number of rotatable bonds is 9. The number of nitrogens with one attached hydrogen (secondary N) is 1. The molecule has 0 rings (SSSR count). The molecule has 0 bridgehead atoms. The summed E-state index contributed by atoms with van der Waals surface area (Å²) in [6.45, 7) is 8.24. The first-order chi connectivity index (χ1) is 6.76. The molecule has 0 aromatic rings. The lowest BCUT2D eigenvalue weighted by Gasteiger charge is -2.22. The van der Waals surface area contributed by atoms with Gasteiger partial charge in [0.15, 0.2) is 0 Å². The Bertz CT molecular complexity index is 113. The molecule has 2 heteroatoms. The number of unbranched alkanes of at least 4 members (excludes halogenated alkanes) is 2. The van der Waals surface area contributed by atoms with Crippen molar-refractivity contribution in [2.45, 2.75) is 58.9 Å². The number of aliphatic hydroxyl groups is 1. The van der Waals surface area contributed by atoms with Crippen LogP contribution in [0.5, 0.6) is 0 Å². The van der Waals surface area contributed by atoms with Crippen molar-refractivity contribution in [3.8, 4) is 0 Å². The number of hydrogen-bond donors (Lipinski definition) is 2. The predicted molar refractivity (Wildman–Crippen MR) is 62.5 cm³/mol. The number of hydrogen-bond acceptors (Lipinski definition) is 2. The zero-order valence-electron chi connectivity index (χ0n) is 10.1. The van der Waals surface area contributed by atoms with Crippen LogP contribution in [0.3, 0.4) is 0 Å². The molecule has 0 fully saturated rings. The summed E-state index contributed by atoms with van der Waals surface area (Å²) >= 11 is 0. The maximum absolute atomic E-state index is 8.62. The summed E-state index contributed by atoms with van der Waals surface area (Å²) < 4.78 is 0. The quantitative estimate of drug-likeness (QED) is 0.562. The average Bonchev–Trinajstić information content (AvgIpc) is 2.19. The van der Waals surface area contributed by atoms with Crippen LogP contribution in [0, 0.1) is 5.92 Å². The van der Waals surface area contributed by atoms with Gasteiger partial charge in [0.25, 0.3) is 0 Å². The van der Waals surface area contributed by atoms with Crippen LogP contribution >= 0.6 is 0 Å². The van der Waals surface area contributed by atoms with Crippen LogP contribution in [0.25, 0.3) is 0 Å². The lowest BCUT2D eigenvalue weighted by atomic mass is 9.95. The molecule has 0 aromatic carbocycles. The smallest absolute Gasteiger partial charge is 0.0431 e. The van der Waals surface area contributed by atoms with E-state index in [0.29, 0.717) is 12.6 Å². The van der Waals surface area contributed by atoms with E-state index in [0.717, 1.165) is 25.3 Å². The van der Waals surface area contributed by atoms with E-state index in [4.69, 9.17) is 5.11 Å². The molecule has 2 nitrogen and oxygen atoms in total. The fraction of sp³-hybridized carbons (Fsp3) is 1.00. The Kier molecular flexibility index (Phi) is 9.42. The van der Waals surface area contributed by atoms with Gasteiger partial charge in [-0.3, -0.25) is 0 Å².